The molecule has 0 spiro atoms. The maximum absolute atomic E-state index is 11.3. The predicted molar refractivity (Wildman–Crippen MR) is 135 cm³/mol. The Balaban J connectivity index is 2.12. The van der Waals surface area contributed by atoms with Crippen molar-refractivity contribution in [3.05, 3.63) is 57.6 Å². The monoisotopic (exact) mass is 546 g/mol. The average molecular weight is 548 g/mol. The molecule has 2 unspecified atom stereocenters. The Morgan fingerprint density at radius 1 is 0.914 bits per heavy atom. The van der Waals surface area contributed by atoms with Gasteiger partial charge < -0.3 is 24.1 Å². The van der Waals surface area contributed by atoms with Crippen molar-refractivity contribution >= 4 is 46.7 Å². The van der Waals surface area contributed by atoms with Gasteiger partial charge in [-0.15, -0.1) is 11.6 Å². The number of hydrogen-bond donors (Lipinski definition) is 1. The van der Waals surface area contributed by atoms with E-state index in [0.29, 0.717) is 15.8 Å². The fourth-order valence-electron chi connectivity index (χ4n) is 3.17. The van der Waals surface area contributed by atoms with Crippen molar-refractivity contribution in [2.75, 3.05) is 25.7 Å². The van der Waals surface area contributed by atoms with Crippen LogP contribution in [0.1, 0.15) is 38.8 Å². The summed E-state index contributed by atoms with van der Waals surface area (Å²) in [5, 5.41) is 10.3. The van der Waals surface area contributed by atoms with Gasteiger partial charge in [-0.1, -0.05) is 49.2 Å². The number of aliphatic hydroxyl groups excluding tert-OH is 1. The number of rotatable bonds is 12. The van der Waals surface area contributed by atoms with Gasteiger partial charge in [0, 0.05) is 19.3 Å². The summed E-state index contributed by atoms with van der Waals surface area (Å²) < 4.78 is 21.3. The summed E-state index contributed by atoms with van der Waals surface area (Å²) in [6.07, 6.45) is -1.55. The Bertz CT molecular complexity index is 986. The Hall–Kier alpha value is -2.19. The minimum absolute atomic E-state index is 0.0215. The quantitative estimate of drug-likeness (QED) is 0.289. The normalized spacial score (nSPS) is 13.0. The van der Waals surface area contributed by atoms with Crippen LogP contribution >= 0.6 is 34.8 Å². The molecular weight excluding hydrogens is 519 g/mol. The molecule has 0 saturated carbocycles. The minimum Gasteiger partial charge on any atom is -0.490 e. The second-order valence-corrected chi connectivity index (χ2v) is 9.51. The zero-order valence-corrected chi connectivity index (χ0v) is 22.2. The van der Waals surface area contributed by atoms with E-state index in [1.807, 2.05) is 26.0 Å². The molecule has 0 aliphatic rings. The molecule has 0 bridgehead atoms. The lowest BCUT2D eigenvalue weighted by Crippen LogP contribution is -2.29. The van der Waals surface area contributed by atoms with Crippen LogP contribution < -0.4 is 9.47 Å². The van der Waals surface area contributed by atoms with Crippen LogP contribution in [0.2, 0.25) is 10.0 Å². The third-order valence-corrected chi connectivity index (χ3v) is 6.05. The maximum Gasteiger partial charge on any atom is 0.303 e. The van der Waals surface area contributed by atoms with Crippen molar-refractivity contribution in [2.45, 2.75) is 45.3 Å². The fourth-order valence-corrected chi connectivity index (χ4v) is 3.85. The van der Waals surface area contributed by atoms with Crippen molar-refractivity contribution in [1.82, 2.24) is 0 Å². The predicted octanol–water partition coefficient (Wildman–Crippen LogP) is 5.17. The Kier molecular flexibility index (Phi) is 11.0. The maximum atomic E-state index is 11.3. The molecule has 0 aliphatic heterocycles. The number of halogens is 3. The molecule has 0 radical (unpaired) electrons. The van der Waals surface area contributed by atoms with Gasteiger partial charge in [0.1, 0.15) is 31.7 Å². The van der Waals surface area contributed by atoms with E-state index in [1.54, 1.807) is 24.3 Å². The van der Waals surface area contributed by atoms with Gasteiger partial charge in [-0.25, -0.2) is 0 Å². The number of hydrogen-bond acceptors (Lipinski definition) is 7. The van der Waals surface area contributed by atoms with Gasteiger partial charge in [-0.05, 0) is 35.4 Å². The van der Waals surface area contributed by atoms with Crippen molar-refractivity contribution in [1.29, 1.82) is 0 Å². The summed E-state index contributed by atoms with van der Waals surface area (Å²) in [4.78, 5) is 22.3. The second-order valence-electron chi connectivity index (χ2n) is 8.38. The largest absolute Gasteiger partial charge is 0.490 e. The zero-order valence-electron chi connectivity index (χ0n) is 20.0. The van der Waals surface area contributed by atoms with E-state index >= 15 is 0 Å². The lowest BCUT2D eigenvalue weighted by molar-refractivity contribution is -0.158. The van der Waals surface area contributed by atoms with Gasteiger partial charge in [0.15, 0.2) is 11.9 Å². The van der Waals surface area contributed by atoms with Crippen LogP contribution in [0.4, 0.5) is 0 Å². The molecule has 2 aromatic carbocycles. The highest BCUT2D eigenvalue weighted by molar-refractivity contribution is 6.37. The van der Waals surface area contributed by atoms with Crippen molar-refractivity contribution in [2.24, 2.45) is 0 Å². The molecule has 2 aromatic rings. The molecule has 0 aliphatic carbocycles. The molecule has 35 heavy (non-hydrogen) atoms. The zero-order chi connectivity index (χ0) is 26.2. The molecule has 0 heterocycles. The molecule has 0 amide bonds. The number of benzene rings is 2. The summed E-state index contributed by atoms with van der Waals surface area (Å²) in [6, 6.07) is 11.0. The van der Waals surface area contributed by atoms with Crippen molar-refractivity contribution in [3.8, 4) is 11.5 Å². The van der Waals surface area contributed by atoms with E-state index in [9.17, 15) is 14.7 Å². The SMILES string of the molecule is CC(=O)OCC(COc1ccc(C(C)(C)c2cc(Cl)c(OCC(O)CCl)c(Cl)c2)cc1)OC(C)=O. The number of carbonyl (C=O) groups excluding carboxylic acids is 2. The van der Waals surface area contributed by atoms with Crippen LogP contribution in [0.3, 0.4) is 0 Å². The molecule has 192 valence electrons. The Labute approximate surface area is 220 Å². The first-order valence-corrected chi connectivity index (χ1v) is 12.1. The van der Waals surface area contributed by atoms with Gasteiger partial charge in [0.05, 0.1) is 15.9 Å². The number of carbonyl (C=O) groups is 2. The topological polar surface area (TPSA) is 91.3 Å². The molecule has 0 aromatic heterocycles. The molecule has 2 rings (SSSR count). The van der Waals surface area contributed by atoms with Gasteiger partial charge in [-0.2, -0.15) is 0 Å². The first kappa shape index (κ1) is 29.0. The average Bonchev–Trinajstić information content (AvgIpc) is 2.79. The van der Waals surface area contributed by atoms with Crippen LogP contribution in [-0.2, 0) is 24.5 Å². The van der Waals surface area contributed by atoms with Gasteiger partial charge >= 0.3 is 11.9 Å². The van der Waals surface area contributed by atoms with Crippen LogP contribution in [0.5, 0.6) is 11.5 Å². The Morgan fingerprint density at radius 3 is 2.03 bits per heavy atom. The third kappa shape index (κ3) is 8.76. The van der Waals surface area contributed by atoms with Gasteiger partial charge in [-0.3, -0.25) is 9.59 Å². The minimum atomic E-state index is -0.827. The second kappa shape index (κ2) is 13.2. The lowest BCUT2D eigenvalue weighted by Gasteiger charge is -2.27. The van der Waals surface area contributed by atoms with Crippen molar-refractivity contribution < 1.29 is 33.6 Å². The molecule has 0 saturated heterocycles. The van der Waals surface area contributed by atoms with Crippen LogP contribution in [-0.4, -0.2) is 55.0 Å². The summed E-state index contributed by atoms with van der Waals surface area (Å²) >= 11 is 18.4. The highest BCUT2D eigenvalue weighted by Crippen LogP contribution is 2.40. The van der Waals surface area contributed by atoms with E-state index in [-0.39, 0.29) is 31.5 Å². The van der Waals surface area contributed by atoms with Crippen LogP contribution in [0, 0.1) is 0 Å². The first-order chi connectivity index (χ1) is 16.4. The number of esters is 2. The lowest BCUT2D eigenvalue weighted by atomic mass is 9.78. The van der Waals surface area contributed by atoms with Gasteiger partial charge in [0.25, 0.3) is 0 Å². The summed E-state index contributed by atoms with van der Waals surface area (Å²) in [5.41, 5.74) is 1.37. The Morgan fingerprint density at radius 2 is 1.51 bits per heavy atom. The van der Waals surface area contributed by atoms with Crippen LogP contribution in [0.25, 0.3) is 0 Å². The third-order valence-electron chi connectivity index (χ3n) is 5.14. The molecule has 2 atom stereocenters. The molecule has 10 heteroatoms. The summed E-state index contributed by atoms with van der Waals surface area (Å²) in [6.45, 7) is 6.52. The fraction of sp³-hybridized carbons (Fsp3) is 0.440. The van der Waals surface area contributed by atoms with E-state index in [2.05, 4.69) is 0 Å². The van der Waals surface area contributed by atoms with E-state index in [4.69, 9.17) is 53.8 Å². The standard InChI is InChI=1S/C25H29Cl3O7/c1-15(29)32-13-21(35-16(2)30)14-33-20-7-5-17(6-8-20)25(3,4)18-9-22(27)24(23(28)10-18)34-12-19(31)11-26/h5-10,19,21,31H,11-14H2,1-4H3. The first-order valence-electron chi connectivity index (χ1n) is 10.8. The van der Waals surface area contributed by atoms with Crippen molar-refractivity contribution in [3.63, 3.8) is 0 Å². The van der Waals surface area contributed by atoms with E-state index in [0.717, 1.165) is 11.1 Å². The molecule has 7 nitrogen and oxygen atoms in total. The number of alkyl halides is 1. The highest BCUT2D eigenvalue weighted by Gasteiger charge is 2.26. The van der Waals surface area contributed by atoms with Crippen LogP contribution in [0.15, 0.2) is 36.4 Å². The molecule has 1 N–H and O–H groups in total. The number of aliphatic hydroxyl groups is 1. The van der Waals surface area contributed by atoms with Gasteiger partial charge in [0.2, 0.25) is 0 Å². The molecule has 0 fully saturated rings. The number of ether oxygens (including phenoxy) is 4. The summed E-state index contributed by atoms with van der Waals surface area (Å²) in [7, 11) is 0. The summed E-state index contributed by atoms with van der Waals surface area (Å²) in [5.74, 6) is -0.0799. The van der Waals surface area contributed by atoms with E-state index < -0.39 is 29.6 Å². The smallest absolute Gasteiger partial charge is 0.303 e. The highest BCUT2D eigenvalue weighted by atomic mass is 35.5. The van der Waals surface area contributed by atoms with E-state index in [1.165, 1.54) is 13.8 Å². The molecular formula is C25H29Cl3O7.